The summed E-state index contributed by atoms with van der Waals surface area (Å²) < 4.78 is 27.7. The molecule has 0 spiro atoms. The number of halogens is 2. The molecule has 0 saturated carbocycles. The number of hydrogen-bond donors (Lipinski definition) is 1. The van der Waals surface area contributed by atoms with Crippen molar-refractivity contribution in [1.82, 2.24) is 5.32 Å². The standard InChI is InChI=1S/C21H22F2N4O4/c1-13(19(26-29-3)14-8-10-16(22)11-9-14)25-31-12-15-6-5-7-17(23)18(15)20(27-30-4)21(28)24-2/h5-11H,12H2,1-4H3,(H,24,28)/b25-13+,26-19+,27-20+. The molecule has 0 bridgehead atoms. The van der Waals surface area contributed by atoms with Crippen molar-refractivity contribution < 1.29 is 28.1 Å². The van der Waals surface area contributed by atoms with Gasteiger partial charge in [-0.1, -0.05) is 27.6 Å². The first kappa shape index (κ1) is 23.5. The summed E-state index contributed by atoms with van der Waals surface area (Å²) >= 11 is 0. The lowest BCUT2D eigenvalue weighted by atomic mass is 10.0. The number of rotatable bonds is 9. The number of carbonyl (C=O) groups is 1. The number of likely N-dealkylation sites (N-methyl/N-ethyl adjacent to an activating group) is 1. The van der Waals surface area contributed by atoms with Crippen LogP contribution in [0.2, 0.25) is 0 Å². The minimum absolute atomic E-state index is 0.0686. The Morgan fingerprint density at radius 2 is 1.61 bits per heavy atom. The third-order valence-corrected chi connectivity index (χ3v) is 4.03. The van der Waals surface area contributed by atoms with Gasteiger partial charge in [-0.05, 0) is 37.3 Å². The number of carbonyl (C=O) groups excluding carboxylic acids is 1. The van der Waals surface area contributed by atoms with Gasteiger partial charge < -0.3 is 19.8 Å². The molecule has 2 rings (SSSR count). The Morgan fingerprint density at radius 3 is 2.23 bits per heavy atom. The van der Waals surface area contributed by atoms with E-state index in [1.165, 1.54) is 57.7 Å². The highest BCUT2D eigenvalue weighted by Gasteiger charge is 2.22. The average molecular weight is 432 g/mol. The summed E-state index contributed by atoms with van der Waals surface area (Å²) in [6, 6.07) is 9.84. The van der Waals surface area contributed by atoms with Crippen molar-refractivity contribution in [3.05, 3.63) is 70.8 Å². The van der Waals surface area contributed by atoms with Crippen LogP contribution in [0.15, 0.2) is 57.9 Å². The van der Waals surface area contributed by atoms with E-state index in [9.17, 15) is 13.6 Å². The van der Waals surface area contributed by atoms with Crippen molar-refractivity contribution in [3.63, 3.8) is 0 Å². The Labute approximate surface area is 178 Å². The normalized spacial score (nSPS) is 12.4. The Bertz CT molecular complexity index is 1000. The second kappa shape index (κ2) is 11.4. The molecule has 2 aromatic rings. The molecular weight excluding hydrogens is 410 g/mol. The topological polar surface area (TPSA) is 93.9 Å². The number of amides is 1. The Kier molecular flexibility index (Phi) is 8.62. The zero-order valence-electron chi connectivity index (χ0n) is 17.5. The van der Waals surface area contributed by atoms with E-state index in [1.54, 1.807) is 13.0 Å². The van der Waals surface area contributed by atoms with Crippen LogP contribution in [0.5, 0.6) is 0 Å². The van der Waals surface area contributed by atoms with Gasteiger partial charge >= 0.3 is 0 Å². The second-order valence-corrected chi connectivity index (χ2v) is 6.06. The molecule has 0 radical (unpaired) electrons. The lowest BCUT2D eigenvalue weighted by molar-refractivity contribution is -0.114. The molecule has 164 valence electrons. The molecule has 0 atom stereocenters. The summed E-state index contributed by atoms with van der Waals surface area (Å²) in [5.74, 6) is -1.69. The third kappa shape index (κ3) is 6.08. The quantitative estimate of drug-likeness (QED) is 0.487. The molecule has 0 saturated heterocycles. The molecule has 31 heavy (non-hydrogen) atoms. The van der Waals surface area contributed by atoms with Gasteiger partial charge in [-0.2, -0.15) is 0 Å². The van der Waals surface area contributed by atoms with E-state index in [2.05, 4.69) is 25.6 Å². The molecule has 0 aliphatic heterocycles. The van der Waals surface area contributed by atoms with Crippen LogP contribution in [0.25, 0.3) is 0 Å². The van der Waals surface area contributed by atoms with Crippen LogP contribution in [0, 0.1) is 11.6 Å². The van der Waals surface area contributed by atoms with Crippen molar-refractivity contribution in [3.8, 4) is 0 Å². The van der Waals surface area contributed by atoms with Gasteiger partial charge in [-0.15, -0.1) is 0 Å². The monoisotopic (exact) mass is 432 g/mol. The third-order valence-electron chi connectivity index (χ3n) is 4.03. The maximum Gasteiger partial charge on any atom is 0.273 e. The van der Waals surface area contributed by atoms with Crippen molar-refractivity contribution in [2.75, 3.05) is 21.3 Å². The Balaban J connectivity index is 2.30. The lowest BCUT2D eigenvalue weighted by Gasteiger charge is -2.11. The second-order valence-electron chi connectivity index (χ2n) is 6.06. The van der Waals surface area contributed by atoms with Crippen LogP contribution >= 0.6 is 0 Å². The van der Waals surface area contributed by atoms with Gasteiger partial charge in [-0.25, -0.2) is 8.78 Å². The first-order chi connectivity index (χ1) is 14.9. The smallest absolute Gasteiger partial charge is 0.273 e. The minimum Gasteiger partial charge on any atom is -0.399 e. The summed E-state index contributed by atoms with van der Waals surface area (Å²) in [7, 11) is 4.01. The molecule has 0 fully saturated rings. The average Bonchev–Trinajstić information content (AvgIpc) is 2.76. The molecule has 1 amide bonds. The van der Waals surface area contributed by atoms with E-state index >= 15 is 0 Å². The van der Waals surface area contributed by atoms with Gasteiger partial charge in [0.15, 0.2) is 5.71 Å². The summed E-state index contributed by atoms with van der Waals surface area (Å²) in [5.41, 5.74) is 1.24. The fourth-order valence-electron chi connectivity index (χ4n) is 2.63. The lowest BCUT2D eigenvalue weighted by Crippen LogP contribution is -2.30. The van der Waals surface area contributed by atoms with Crippen molar-refractivity contribution in [2.45, 2.75) is 13.5 Å². The number of nitrogens with zero attached hydrogens (tertiary/aromatic N) is 3. The minimum atomic E-state index is -0.672. The van der Waals surface area contributed by atoms with E-state index in [1.807, 2.05) is 0 Å². The fraction of sp³-hybridized carbons (Fsp3) is 0.238. The first-order valence-electron chi connectivity index (χ1n) is 9.07. The van der Waals surface area contributed by atoms with Gasteiger partial charge in [-0.3, -0.25) is 4.79 Å². The fourth-order valence-corrected chi connectivity index (χ4v) is 2.63. The molecule has 0 unspecified atom stereocenters. The summed E-state index contributed by atoms with van der Waals surface area (Å²) in [4.78, 5) is 27.0. The van der Waals surface area contributed by atoms with Crippen LogP contribution < -0.4 is 5.32 Å². The molecular formula is C21H22F2N4O4. The highest BCUT2D eigenvalue weighted by molar-refractivity contribution is 6.47. The molecule has 0 aromatic heterocycles. The molecule has 2 aromatic carbocycles. The molecule has 10 heteroatoms. The van der Waals surface area contributed by atoms with E-state index in [4.69, 9.17) is 9.68 Å². The molecule has 0 aliphatic carbocycles. The first-order valence-corrected chi connectivity index (χ1v) is 9.07. The van der Waals surface area contributed by atoms with Gasteiger partial charge in [0.2, 0.25) is 0 Å². The van der Waals surface area contributed by atoms with Gasteiger partial charge in [0, 0.05) is 18.2 Å². The highest BCUT2D eigenvalue weighted by atomic mass is 19.1. The Hall–Kier alpha value is -3.82. The van der Waals surface area contributed by atoms with E-state index in [0.29, 0.717) is 22.6 Å². The molecule has 0 aliphatic rings. The molecule has 8 nitrogen and oxygen atoms in total. The van der Waals surface area contributed by atoms with Gasteiger partial charge in [0.05, 0.1) is 5.56 Å². The maximum atomic E-state index is 14.5. The SMILES string of the molecule is CNC(=O)/C(=N/OC)c1c(F)cccc1CO/N=C(C)/C(=N\OC)c1ccc(F)cc1. The largest absolute Gasteiger partial charge is 0.399 e. The van der Waals surface area contributed by atoms with Gasteiger partial charge in [0.25, 0.3) is 5.91 Å². The summed E-state index contributed by atoms with van der Waals surface area (Å²) in [5, 5.41) is 13.9. The van der Waals surface area contributed by atoms with Crippen LogP contribution in [-0.2, 0) is 25.9 Å². The number of oxime groups is 3. The van der Waals surface area contributed by atoms with Crippen LogP contribution in [-0.4, -0.2) is 44.3 Å². The van der Waals surface area contributed by atoms with Crippen molar-refractivity contribution in [1.29, 1.82) is 0 Å². The number of hydrogen-bond acceptors (Lipinski definition) is 7. The Morgan fingerprint density at radius 1 is 0.968 bits per heavy atom. The van der Waals surface area contributed by atoms with Crippen LogP contribution in [0.1, 0.15) is 23.6 Å². The highest BCUT2D eigenvalue weighted by Crippen LogP contribution is 2.17. The van der Waals surface area contributed by atoms with Gasteiger partial charge in [0.1, 0.15) is 43.9 Å². The molecule has 0 heterocycles. The summed E-state index contributed by atoms with van der Waals surface area (Å²) in [6.45, 7) is 1.45. The van der Waals surface area contributed by atoms with Crippen LogP contribution in [0.4, 0.5) is 8.78 Å². The molecule has 1 N–H and O–H groups in total. The van der Waals surface area contributed by atoms with Crippen molar-refractivity contribution in [2.24, 2.45) is 15.5 Å². The summed E-state index contributed by atoms with van der Waals surface area (Å²) in [6.07, 6.45) is 0. The zero-order valence-corrected chi connectivity index (χ0v) is 17.5. The predicted octanol–water partition coefficient (Wildman–Crippen LogP) is 3.00. The number of nitrogens with one attached hydrogen (secondary N) is 1. The van der Waals surface area contributed by atoms with E-state index in [0.717, 1.165) is 0 Å². The van der Waals surface area contributed by atoms with Crippen LogP contribution in [0.3, 0.4) is 0 Å². The zero-order chi connectivity index (χ0) is 22.8. The predicted molar refractivity (Wildman–Crippen MR) is 112 cm³/mol. The van der Waals surface area contributed by atoms with E-state index < -0.39 is 17.5 Å². The van der Waals surface area contributed by atoms with E-state index in [-0.39, 0.29) is 17.9 Å². The maximum absolute atomic E-state index is 14.5. The number of benzene rings is 2. The van der Waals surface area contributed by atoms with Crippen molar-refractivity contribution >= 4 is 23.0 Å².